The maximum atomic E-state index is 13.0. The monoisotopic (exact) mass is 172 g/mol. The highest BCUT2D eigenvalue weighted by Gasteiger charge is 2.15. The SMILES string of the molecule is C[C@@H](O)[C@H](F)c1cccc(F)c1. The lowest BCUT2D eigenvalue weighted by Crippen LogP contribution is -2.09. The van der Waals surface area contributed by atoms with Gasteiger partial charge in [-0.05, 0) is 24.6 Å². The Labute approximate surface area is 69.7 Å². The van der Waals surface area contributed by atoms with E-state index >= 15 is 0 Å². The third kappa shape index (κ3) is 2.01. The minimum Gasteiger partial charge on any atom is -0.390 e. The topological polar surface area (TPSA) is 20.2 Å². The molecule has 0 fully saturated rings. The van der Waals surface area contributed by atoms with Crippen molar-refractivity contribution in [1.82, 2.24) is 0 Å². The summed E-state index contributed by atoms with van der Waals surface area (Å²) in [6, 6.07) is 5.18. The van der Waals surface area contributed by atoms with E-state index in [4.69, 9.17) is 5.11 Å². The molecule has 66 valence electrons. The Bertz CT molecular complexity index is 260. The Morgan fingerprint density at radius 3 is 2.58 bits per heavy atom. The molecule has 1 aromatic carbocycles. The summed E-state index contributed by atoms with van der Waals surface area (Å²) in [4.78, 5) is 0. The molecule has 0 spiro atoms. The second-order valence-electron chi connectivity index (χ2n) is 2.70. The van der Waals surface area contributed by atoms with Crippen LogP contribution in [0.1, 0.15) is 18.7 Å². The van der Waals surface area contributed by atoms with Gasteiger partial charge in [-0.25, -0.2) is 8.78 Å². The van der Waals surface area contributed by atoms with Crippen LogP contribution in [0.25, 0.3) is 0 Å². The fourth-order valence-corrected chi connectivity index (χ4v) is 0.957. The van der Waals surface area contributed by atoms with Crippen molar-refractivity contribution in [3.63, 3.8) is 0 Å². The Morgan fingerprint density at radius 2 is 2.08 bits per heavy atom. The third-order valence-corrected chi connectivity index (χ3v) is 1.59. The lowest BCUT2D eigenvalue weighted by atomic mass is 10.1. The first-order valence-electron chi connectivity index (χ1n) is 3.69. The van der Waals surface area contributed by atoms with Crippen LogP contribution in [0.15, 0.2) is 24.3 Å². The average Bonchev–Trinajstić information content (AvgIpc) is 2.03. The summed E-state index contributed by atoms with van der Waals surface area (Å²) in [5, 5.41) is 8.87. The number of rotatable bonds is 2. The van der Waals surface area contributed by atoms with Crippen LogP contribution in [0.5, 0.6) is 0 Å². The Kier molecular flexibility index (Phi) is 2.76. The van der Waals surface area contributed by atoms with E-state index in [-0.39, 0.29) is 5.56 Å². The summed E-state index contributed by atoms with van der Waals surface area (Å²) < 4.78 is 25.6. The van der Waals surface area contributed by atoms with E-state index in [0.717, 1.165) is 6.07 Å². The van der Waals surface area contributed by atoms with E-state index < -0.39 is 18.1 Å². The van der Waals surface area contributed by atoms with Gasteiger partial charge in [0.15, 0.2) is 6.17 Å². The third-order valence-electron chi connectivity index (χ3n) is 1.59. The minimum absolute atomic E-state index is 0.171. The van der Waals surface area contributed by atoms with Crippen LogP contribution in [0.2, 0.25) is 0 Å². The van der Waals surface area contributed by atoms with E-state index in [1.165, 1.54) is 25.1 Å². The number of hydrogen-bond acceptors (Lipinski definition) is 1. The molecule has 0 amide bonds. The van der Waals surface area contributed by atoms with Crippen molar-refractivity contribution < 1.29 is 13.9 Å². The minimum atomic E-state index is -1.51. The number of aliphatic hydroxyl groups excluding tert-OH is 1. The van der Waals surface area contributed by atoms with Gasteiger partial charge in [-0.2, -0.15) is 0 Å². The van der Waals surface area contributed by atoms with Gasteiger partial charge in [0.05, 0.1) is 6.10 Å². The van der Waals surface area contributed by atoms with Gasteiger partial charge in [0.1, 0.15) is 5.82 Å². The molecular formula is C9H10F2O. The van der Waals surface area contributed by atoms with Crippen LogP contribution in [0, 0.1) is 5.82 Å². The zero-order valence-corrected chi connectivity index (χ0v) is 6.67. The Morgan fingerprint density at radius 1 is 1.42 bits per heavy atom. The van der Waals surface area contributed by atoms with E-state index in [9.17, 15) is 8.78 Å². The molecule has 1 nitrogen and oxygen atoms in total. The first kappa shape index (κ1) is 9.13. The van der Waals surface area contributed by atoms with Gasteiger partial charge in [0, 0.05) is 0 Å². The normalized spacial score (nSPS) is 15.7. The van der Waals surface area contributed by atoms with Gasteiger partial charge in [-0.1, -0.05) is 12.1 Å². The zero-order chi connectivity index (χ0) is 9.14. The van der Waals surface area contributed by atoms with Crippen molar-refractivity contribution in [2.75, 3.05) is 0 Å². The molecule has 0 aliphatic heterocycles. The van der Waals surface area contributed by atoms with Crippen molar-refractivity contribution in [1.29, 1.82) is 0 Å². The molecule has 1 rings (SSSR count). The molecule has 0 aromatic heterocycles. The molecule has 0 saturated heterocycles. The first-order valence-corrected chi connectivity index (χ1v) is 3.69. The molecule has 0 aliphatic carbocycles. The standard InChI is InChI=1S/C9H10F2O/c1-6(12)9(11)7-3-2-4-8(10)5-7/h2-6,9,12H,1H3/t6-,9+/m1/s1. The molecule has 0 saturated carbocycles. The maximum Gasteiger partial charge on any atom is 0.151 e. The van der Waals surface area contributed by atoms with E-state index in [1.807, 2.05) is 0 Å². The largest absolute Gasteiger partial charge is 0.390 e. The molecule has 0 aliphatic rings. The van der Waals surface area contributed by atoms with Crippen LogP contribution in [-0.4, -0.2) is 11.2 Å². The van der Waals surface area contributed by atoms with Crippen molar-refractivity contribution in [3.05, 3.63) is 35.6 Å². The number of halogens is 2. The predicted octanol–water partition coefficient (Wildman–Crippen LogP) is 2.22. The molecule has 0 heterocycles. The van der Waals surface area contributed by atoms with Gasteiger partial charge in [0.25, 0.3) is 0 Å². The molecule has 2 atom stereocenters. The molecule has 3 heteroatoms. The highest BCUT2D eigenvalue weighted by atomic mass is 19.1. The average molecular weight is 172 g/mol. The fraction of sp³-hybridized carbons (Fsp3) is 0.333. The number of hydrogen-bond donors (Lipinski definition) is 1. The Balaban J connectivity index is 2.88. The molecule has 1 aromatic rings. The van der Waals surface area contributed by atoms with Gasteiger partial charge < -0.3 is 5.11 Å². The zero-order valence-electron chi connectivity index (χ0n) is 6.67. The van der Waals surface area contributed by atoms with Crippen LogP contribution >= 0.6 is 0 Å². The second-order valence-corrected chi connectivity index (χ2v) is 2.70. The summed E-state index contributed by atoms with van der Waals surface area (Å²) in [7, 11) is 0. The lowest BCUT2D eigenvalue weighted by Gasteiger charge is -2.10. The quantitative estimate of drug-likeness (QED) is 0.725. The first-order chi connectivity index (χ1) is 5.61. The summed E-state index contributed by atoms with van der Waals surface area (Å²) in [6.45, 7) is 1.33. The molecule has 0 bridgehead atoms. The summed E-state index contributed by atoms with van der Waals surface area (Å²) in [5.41, 5.74) is 0.171. The van der Waals surface area contributed by atoms with Crippen molar-refractivity contribution >= 4 is 0 Å². The number of aliphatic hydroxyl groups is 1. The van der Waals surface area contributed by atoms with Crippen LogP contribution in [0.3, 0.4) is 0 Å². The van der Waals surface area contributed by atoms with Gasteiger partial charge in [-0.15, -0.1) is 0 Å². The number of alkyl halides is 1. The molecule has 0 unspecified atom stereocenters. The lowest BCUT2D eigenvalue weighted by molar-refractivity contribution is 0.0931. The van der Waals surface area contributed by atoms with E-state index in [1.54, 1.807) is 0 Å². The molecule has 12 heavy (non-hydrogen) atoms. The van der Waals surface area contributed by atoms with Crippen molar-refractivity contribution in [2.45, 2.75) is 19.2 Å². The highest BCUT2D eigenvalue weighted by molar-refractivity contribution is 5.19. The molecule has 0 radical (unpaired) electrons. The summed E-state index contributed by atoms with van der Waals surface area (Å²) in [6.07, 6.45) is -2.62. The van der Waals surface area contributed by atoms with Crippen LogP contribution in [0.4, 0.5) is 8.78 Å². The van der Waals surface area contributed by atoms with Crippen LogP contribution in [-0.2, 0) is 0 Å². The smallest absolute Gasteiger partial charge is 0.151 e. The van der Waals surface area contributed by atoms with Gasteiger partial charge in [-0.3, -0.25) is 0 Å². The predicted molar refractivity (Wildman–Crippen MR) is 41.9 cm³/mol. The molecular weight excluding hydrogens is 162 g/mol. The van der Waals surface area contributed by atoms with E-state index in [2.05, 4.69) is 0 Å². The van der Waals surface area contributed by atoms with Gasteiger partial charge in [0.2, 0.25) is 0 Å². The van der Waals surface area contributed by atoms with Crippen LogP contribution < -0.4 is 0 Å². The van der Waals surface area contributed by atoms with Gasteiger partial charge >= 0.3 is 0 Å². The highest BCUT2D eigenvalue weighted by Crippen LogP contribution is 2.21. The fourth-order valence-electron chi connectivity index (χ4n) is 0.957. The van der Waals surface area contributed by atoms with Crippen molar-refractivity contribution in [3.8, 4) is 0 Å². The molecule has 1 N–H and O–H groups in total. The second kappa shape index (κ2) is 3.63. The number of benzene rings is 1. The summed E-state index contributed by atoms with van der Waals surface area (Å²) >= 11 is 0. The van der Waals surface area contributed by atoms with E-state index in [0.29, 0.717) is 0 Å². The summed E-state index contributed by atoms with van der Waals surface area (Å²) in [5.74, 6) is -0.490. The van der Waals surface area contributed by atoms with Crippen molar-refractivity contribution in [2.24, 2.45) is 0 Å². The Hall–Kier alpha value is -0.960. The maximum absolute atomic E-state index is 13.0.